The molecule has 0 aliphatic carbocycles. The summed E-state index contributed by atoms with van der Waals surface area (Å²) in [5.41, 5.74) is 2.62. The van der Waals surface area contributed by atoms with Gasteiger partial charge in [-0.05, 0) is 30.4 Å². The number of nitrogens with zero attached hydrogens (tertiary/aromatic N) is 1. The molecule has 20 heavy (non-hydrogen) atoms. The third kappa shape index (κ3) is 4.53. The molecule has 1 fully saturated rings. The predicted molar refractivity (Wildman–Crippen MR) is 78.0 cm³/mol. The highest BCUT2D eigenvalue weighted by atomic mass is 19.3. The van der Waals surface area contributed by atoms with E-state index in [-0.39, 0.29) is 12.6 Å². The Kier molecular flexibility index (Phi) is 5.49. The zero-order chi connectivity index (χ0) is 14.5. The minimum atomic E-state index is -2.27. The quantitative estimate of drug-likeness (QED) is 0.893. The Morgan fingerprint density at radius 1 is 1.30 bits per heavy atom. The van der Waals surface area contributed by atoms with Gasteiger partial charge in [0.25, 0.3) is 6.43 Å². The molecule has 2 rings (SSSR count). The highest BCUT2D eigenvalue weighted by Crippen LogP contribution is 2.20. The standard InChI is InChI=1S/C16H24F2N2/c1-12-7-15(19-8-16(17)18)11-20(9-12)10-14-6-4-3-5-13(14)2/h3-6,12,15-16,19H,7-11H2,1-2H3. The number of alkyl halides is 2. The van der Waals surface area contributed by atoms with Gasteiger partial charge in [0.05, 0.1) is 6.54 Å². The Morgan fingerprint density at radius 3 is 2.75 bits per heavy atom. The lowest BCUT2D eigenvalue weighted by Gasteiger charge is -2.37. The first-order chi connectivity index (χ1) is 9.54. The van der Waals surface area contributed by atoms with Crippen molar-refractivity contribution in [1.29, 1.82) is 0 Å². The van der Waals surface area contributed by atoms with Crippen molar-refractivity contribution in [2.45, 2.75) is 39.3 Å². The molecule has 0 bridgehead atoms. The Bertz CT molecular complexity index is 423. The van der Waals surface area contributed by atoms with Crippen LogP contribution in [-0.2, 0) is 6.54 Å². The van der Waals surface area contributed by atoms with Gasteiger partial charge in [0.15, 0.2) is 0 Å². The van der Waals surface area contributed by atoms with Crippen LogP contribution in [-0.4, -0.2) is 37.0 Å². The van der Waals surface area contributed by atoms with E-state index in [1.807, 2.05) is 6.07 Å². The van der Waals surface area contributed by atoms with Crippen molar-refractivity contribution in [2.75, 3.05) is 19.6 Å². The maximum Gasteiger partial charge on any atom is 0.250 e. The Balaban J connectivity index is 1.92. The largest absolute Gasteiger partial charge is 0.307 e. The minimum absolute atomic E-state index is 0.178. The van der Waals surface area contributed by atoms with Crippen LogP contribution in [0.5, 0.6) is 0 Å². The van der Waals surface area contributed by atoms with Crippen molar-refractivity contribution in [3.05, 3.63) is 35.4 Å². The normalized spacial score (nSPS) is 24.2. The van der Waals surface area contributed by atoms with E-state index in [0.717, 1.165) is 26.1 Å². The smallest absolute Gasteiger partial charge is 0.250 e. The van der Waals surface area contributed by atoms with Crippen LogP contribution in [0.15, 0.2) is 24.3 Å². The molecule has 2 atom stereocenters. The zero-order valence-electron chi connectivity index (χ0n) is 12.3. The second-order valence-corrected chi connectivity index (χ2v) is 5.96. The van der Waals surface area contributed by atoms with E-state index >= 15 is 0 Å². The first kappa shape index (κ1) is 15.4. The molecule has 4 heteroatoms. The van der Waals surface area contributed by atoms with E-state index < -0.39 is 6.43 Å². The summed E-state index contributed by atoms with van der Waals surface area (Å²) >= 11 is 0. The van der Waals surface area contributed by atoms with Crippen molar-refractivity contribution in [2.24, 2.45) is 5.92 Å². The van der Waals surface area contributed by atoms with Gasteiger partial charge in [-0.1, -0.05) is 31.2 Å². The van der Waals surface area contributed by atoms with Crippen molar-refractivity contribution >= 4 is 0 Å². The van der Waals surface area contributed by atoms with E-state index in [0.29, 0.717) is 5.92 Å². The van der Waals surface area contributed by atoms with Crippen LogP contribution in [0.4, 0.5) is 8.78 Å². The molecule has 1 aromatic rings. The van der Waals surface area contributed by atoms with Crippen molar-refractivity contribution < 1.29 is 8.78 Å². The summed E-state index contributed by atoms with van der Waals surface area (Å²) in [4.78, 5) is 2.37. The van der Waals surface area contributed by atoms with Gasteiger partial charge in [0.1, 0.15) is 0 Å². The van der Waals surface area contributed by atoms with Gasteiger partial charge in [-0.3, -0.25) is 4.90 Å². The van der Waals surface area contributed by atoms with Crippen molar-refractivity contribution in [3.63, 3.8) is 0 Å². The predicted octanol–water partition coefficient (Wildman–Crippen LogP) is 3.06. The second kappa shape index (κ2) is 7.14. The SMILES string of the molecule is Cc1ccccc1CN1CC(C)CC(NCC(F)F)C1. The Labute approximate surface area is 120 Å². The molecule has 1 N–H and O–H groups in total. The maximum absolute atomic E-state index is 12.3. The average Bonchev–Trinajstić information content (AvgIpc) is 2.38. The number of aryl methyl sites for hydroxylation is 1. The molecule has 2 unspecified atom stereocenters. The van der Waals surface area contributed by atoms with Crippen LogP contribution in [0.2, 0.25) is 0 Å². The molecule has 2 nitrogen and oxygen atoms in total. The van der Waals surface area contributed by atoms with Crippen molar-refractivity contribution in [3.8, 4) is 0 Å². The van der Waals surface area contributed by atoms with Gasteiger partial charge < -0.3 is 5.32 Å². The highest BCUT2D eigenvalue weighted by molar-refractivity contribution is 5.25. The minimum Gasteiger partial charge on any atom is -0.307 e. The van der Waals surface area contributed by atoms with E-state index in [2.05, 4.69) is 42.3 Å². The van der Waals surface area contributed by atoms with Gasteiger partial charge in [-0.25, -0.2) is 8.78 Å². The number of likely N-dealkylation sites (tertiary alicyclic amines) is 1. The number of hydrogen-bond acceptors (Lipinski definition) is 2. The molecule has 0 saturated carbocycles. The number of piperidine rings is 1. The number of benzene rings is 1. The summed E-state index contributed by atoms with van der Waals surface area (Å²) in [6.45, 7) is 6.92. The second-order valence-electron chi connectivity index (χ2n) is 5.96. The molecule has 0 spiro atoms. The van der Waals surface area contributed by atoms with Crippen LogP contribution < -0.4 is 5.32 Å². The third-order valence-electron chi connectivity index (χ3n) is 3.95. The van der Waals surface area contributed by atoms with E-state index in [1.165, 1.54) is 11.1 Å². The molecule has 1 aliphatic heterocycles. The summed E-state index contributed by atoms with van der Waals surface area (Å²) in [6.07, 6.45) is -1.28. The van der Waals surface area contributed by atoms with Gasteiger partial charge >= 0.3 is 0 Å². The molecule has 1 saturated heterocycles. The molecule has 112 valence electrons. The Hall–Kier alpha value is -1.00. The molecule has 1 aliphatic rings. The van der Waals surface area contributed by atoms with Crippen LogP contribution in [0, 0.1) is 12.8 Å². The summed E-state index contributed by atoms with van der Waals surface area (Å²) in [7, 11) is 0. The fourth-order valence-corrected chi connectivity index (χ4v) is 3.02. The molecule has 1 heterocycles. The molecular formula is C16H24F2N2. The van der Waals surface area contributed by atoms with E-state index in [9.17, 15) is 8.78 Å². The lowest BCUT2D eigenvalue weighted by Crippen LogP contribution is -2.49. The first-order valence-electron chi connectivity index (χ1n) is 7.33. The number of rotatable bonds is 5. The number of hydrogen-bond donors (Lipinski definition) is 1. The molecule has 0 aromatic heterocycles. The first-order valence-corrected chi connectivity index (χ1v) is 7.33. The molecule has 0 radical (unpaired) electrons. The fraction of sp³-hybridized carbons (Fsp3) is 0.625. The lowest BCUT2D eigenvalue weighted by molar-refractivity contribution is 0.109. The average molecular weight is 282 g/mol. The topological polar surface area (TPSA) is 15.3 Å². The zero-order valence-corrected chi connectivity index (χ0v) is 12.3. The van der Waals surface area contributed by atoms with Crippen LogP contribution in [0.25, 0.3) is 0 Å². The van der Waals surface area contributed by atoms with Crippen LogP contribution in [0.3, 0.4) is 0 Å². The van der Waals surface area contributed by atoms with Crippen LogP contribution >= 0.6 is 0 Å². The van der Waals surface area contributed by atoms with Gasteiger partial charge in [0.2, 0.25) is 0 Å². The van der Waals surface area contributed by atoms with E-state index in [4.69, 9.17) is 0 Å². The monoisotopic (exact) mass is 282 g/mol. The highest BCUT2D eigenvalue weighted by Gasteiger charge is 2.25. The number of halogens is 2. The summed E-state index contributed by atoms with van der Waals surface area (Å²) in [5, 5.41) is 2.99. The van der Waals surface area contributed by atoms with E-state index in [1.54, 1.807) is 0 Å². The lowest BCUT2D eigenvalue weighted by atomic mass is 9.95. The molecule has 0 amide bonds. The fourth-order valence-electron chi connectivity index (χ4n) is 3.02. The van der Waals surface area contributed by atoms with Gasteiger partial charge in [-0.15, -0.1) is 0 Å². The molecule has 1 aromatic carbocycles. The molecular weight excluding hydrogens is 258 g/mol. The van der Waals surface area contributed by atoms with Crippen molar-refractivity contribution in [1.82, 2.24) is 10.2 Å². The summed E-state index contributed by atoms with van der Waals surface area (Å²) < 4.78 is 24.6. The summed E-state index contributed by atoms with van der Waals surface area (Å²) in [6, 6.07) is 8.55. The van der Waals surface area contributed by atoms with Crippen LogP contribution in [0.1, 0.15) is 24.5 Å². The maximum atomic E-state index is 12.3. The van der Waals surface area contributed by atoms with Gasteiger partial charge in [-0.2, -0.15) is 0 Å². The number of nitrogens with one attached hydrogen (secondary N) is 1. The summed E-state index contributed by atoms with van der Waals surface area (Å²) in [5.74, 6) is 0.544. The van der Waals surface area contributed by atoms with Gasteiger partial charge in [0, 0.05) is 25.7 Å². The third-order valence-corrected chi connectivity index (χ3v) is 3.95. The Morgan fingerprint density at radius 2 is 2.05 bits per heavy atom.